The van der Waals surface area contributed by atoms with Gasteiger partial charge in [-0.25, -0.2) is 0 Å². The standard InChI is InChI=1S/3CH3.3ClH.H4OSi.Ti/c;;;;;;1-2;/h3*1H3;3*1H;1H,2H3;/q3*-1;;;;;+3/p-3. The van der Waals surface area contributed by atoms with Crippen LogP contribution in [0.15, 0.2) is 0 Å². The van der Waals surface area contributed by atoms with Gasteiger partial charge < -0.3 is 64.3 Å². The molecule has 0 aliphatic rings. The molecule has 0 amide bonds. The Labute approximate surface area is 96.0 Å². The summed E-state index contributed by atoms with van der Waals surface area (Å²) in [6, 6.07) is 0. The zero-order chi connectivity index (χ0) is 2.00. The second-order valence-corrected chi connectivity index (χ2v) is 0. The van der Waals surface area contributed by atoms with Crippen molar-refractivity contribution in [3.05, 3.63) is 22.3 Å². The Kier molecular flexibility index (Phi) is 3610. The second-order valence-electron chi connectivity index (χ2n) is 0. The summed E-state index contributed by atoms with van der Waals surface area (Å²) in [4.78, 5) is 7.14. The molecule has 1 radical (unpaired) electrons. The molecule has 0 rings (SSSR count). The molecule has 0 fully saturated rings. The van der Waals surface area contributed by atoms with Crippen LogP contribution in [0.3, 0.4) is 0 Å². The van der Waals surface area contributed by atoms with E-state index < -0.39 is 0 Å². The molecule has 0 atom stereocenters. The molecule has 0 spiro atoms. The van der Waals surface area contributed by atoms with Crippen LogP contribution in [-0.2, 0) is 21.7 Å². The molecule has 0 aromatic heterocycles. The molecule has 0 bridgehead atoms. The number of hydrogen-bond acceptors (Lipinski definition) is 1. The summed E-state index contributed by atoms with van der Waals surface area (Å²) in [6.07, 6.45) is 0. The summed E-state index contributed by atoms with van der Waals surface area (Å²) in [5, 5.41) is 0. The van der Waals surface area contributed by atoms with Gasteiger partial charge in [-0.3, -0.25) is 0 Å². The van der Waals surface area contributed by atoms with Gasteiger partial charge in [-0.15, -0.1) is 0 Å². The maximum absolute atomic E-state index is 7.14. The molecule has 0 aromatic carbocycles. The Hall–Kier alpha value is 1.76. The molecule has 0 aliphatic heterocycles. The van der Waals surface area contributed by atoms with Crippen molar-refractivity contribution in [1.29, 1.82) is 0 Å². The van der Waals surface area contributed by atoms with Crippen LogP contribution in [0.2, 0.25) is 0 Å². The zero-order valence-corrected chi connectivity index (χ0v) is 11.9. The van der Waals surface area contributed by atoms with Gasteiger partial charge in [0.2, 0.25) is 0 Å². The van der Waals surface area contributed by atoms with Gasteiger partial charge >= 0.3 is 21.7 Å². The van der Waals surface area contributed by atoms with Crippen LogP contribution in [0.5, 0.6) is 0 Å². The zero-order valence-electron chi connectivity index (χ0n) is 6.08. The van der Waals surface area contributed by atoms with Crippen molar-refractivity contribution in [3.63, 3.8) is 0 Å². The molecule has 0 aromatic rings. The Balaban J connectivity index is -0.000000000238. The third-order valence-electron chi connectivity index (χ3n) is 0. The van der Waals surface area contributed by atoms with Gasteiger partial charge in [-0.1, -0.05) is 0 Å². The minimum Gasteiger partial charge on any atom is -1.00 e. The minimum atomic E-state index is 0. The maximum Gasteiger partial charge on any atom is 3.00 e. The van der Waals surface area contributed by atoms with E-state index in [1.807, 2.05) is 0 Å². The number of halogens is 3. The minimum absolute atomic E-state index is 0. The maximum atomic E-state index is 7.14. The van der Waals surface area contributed by atoms with E-state index in [0.29, 0.717) is 10.5 Å². The van der Waals surface area contributed by atoms with Gasteiger partial charge in [0.1, 0.15) is 10.5 Å². The largest absolute Gasteiger partial charge is 3.00 e. The molecule has 1 nitrogen and oxygen atoms in total. The van der Waals surface area contributed by atoms with Gasteiger partial charge in [0.25, 0.3) is 0 Å². The smallest absolute Gasteiger partial charge is 1.00 e. The molecular weight excluding hydrogens is 234 g/mol. The van der Waals surface area contributed by atoms with Crippen LogP contribution in [-0.4, -0.2) is 15.3 Å². The average molecular weight is 247 g/mol. The van der Waals surface area contributed by atoms with Crippen molar-refractivity contribution in [3.8, 4) is 0 Å². The fourth-order valence-corrected chi connectivity index (χ4v) is 0. The quantitative estimate of drug-likeness (QED) is 0.333. The van der Waals surface area contributed by atoms with Crippen molar-refractivity contribution in [1.82, 2.24) is 0 Å². The van der Waals surface area contributed by atoms with Crippen LogP contribution in [0.1, 0.15) is 0 Å². The van der Waals surface area contributed by atoms with E-state index in [1.54, 1.807) is 0 Å². The van der Waals surface area contributed by atoms with Crippen molar-refractivity contribution in [2.75, 3.05) is 0 Å². The Morgan fingerprint density at radius 2 is 0.667 bits per heavy atom. The molecule has 0 saturated carbocycles. The van der Waals surface area contributed by atoms with Gasteiger partial charge in [-0.05, 0) is 0 Å². The van der Waals surface area contributed by atoms with Crippen molar-refractivity contribution in [2.45, 2.75) is 0 Å². The van der Waals surface area contributed by atoms with Crippen LogP contribution in [0.4, 0.5) is 0 Å². The molecular formula is C3H13Cl3OSiTi-3. The first-order chi connectivity index (χ1) is 1.00. The van der Waals surface area contributed by atoms with E-state index in [2.05, 4.69) is 0 Å². The summed E-state index contributed by atoms with van der Waals surface area (Å²) in [6.45, 7) is 0. The van der Waals surface area contributed by atoms with Crippen molar-refractivity contribution < 1.29 is 63.7 Å². The predicted octanol–water partition coefficient (Wildman–Crippen LogP) is -9.38. The fourth-order valence-electron chi connectivity index (χ4n) is 0. The molecule has 6 heteroatoms. The SMILES string of the molecule is O[SiH3].[CH3-].[CH3-].[CH3-].[Cl-].[Cl-].[Cl-].[Ti+3]. The van der Waals surface area contributed by atoms with Crippen LogP contribution >= 0.6 is 0 Å². The predicted molar refractivity (Wildman–Crippen MR) is 31.4 cm³/mol. The molecule has 0 saturated heterocycles. The van der Waals surface area contributed by atoms with Crippen LogP contribution in [0.25, 0.3) is 0 Å². The van der Waals surface area contributed by atoms with Gasteiger partial charge in [-0.2, -0.15) is 0 Å². The van der Waals surface area contributed by atoms with Crippen molar-refractivity contribution in [2.24, 2.45) is 0 Å². The summed E-state index contributed by atoms with van der Waals surface area (Å²) in [5.41, 5.74) is 0. The third-order valence-corrected chi connectivity index (χ3v) is 0. The van der Waals surface area contributed by atoms with E-state index in [0.717, 1.165) is 0 Å². The van der Waals surface area contributed by atoms with E-state index in [1.165, 1.54) is 0 Å². The van der Waals surface area contributed by atoms with Crippen LogP contribution in [0, 0.1) is 22.3 Å². The number of rotatable bonds is 0. The second kappa shape index (κ2) is 242. The van der Waals surface area contributed by atoms with E-state index in [-0.39, 0.29) is 81.2 Å². The first-order valence-corrected chi connectivity index (χ1v) is 1.34. The van der Waals surface area contributed by atoms with E-state index in [9.17, 15) is 0 Å². The van der Waals surface area contributed by atoms with Crippen molar-refractivity contribution >= 4 is 10.5 Å². The molecule has 9 heavy (non-hydrogen) atoms. The first-order valence-electron chi connectivity index (χ1n) is 0.447. The van der Waals surface area contributed by atoms with E-state index >= 15 is 0 Å². The average Bonchev–Trinajstić information content (AvgIpc) is 1.00. The van der Waals surface area contributed by atoms with E-state index in [4.69, 9.17) is 4.80 Å². The Morgan fingerprint density at radius 1 is 0.667 bits per heavy atom. The summed E-state index contributed by atoms with van der Waals surface area (Å²) >= 11 is 0. The molecule has 0 heterocycles. The molecule has 1 N–H and O–H groups in total. The Morgan fingerprint density at radius 3 is 0.667 bits per heavy atom. The summed E-state index contributed by atoms with van der Waals surface area (Å²) < 4.78 is 0. The summed E-state index contributed by atoms with van der Waals surface area (Å²) in [7, 11) is 0.306. The summed E-state index contributed by atoms with van der Waals surface area (Å²) in [5.74, 6) is 0. The monoisotopic (exact) mass is 246 g/mol. The number of hydrogen-bond donors (Lipinski definition) is 1. The molecule has 0 unspecified atom stereocenters. The molecule has 0 aliphatic carbocycles. The molecule has 63 valence electrons. The van der Waals surface area contributed by atoms with Gasteiger partial charge in [0.05, 0.1) is 0 Å². The first kappa shape index (κ1) is 134. The Bertz CT molecular complexity index is 19.0. The topological polar surface area (TPSA) is 20.2 Å². The van der Waals surface area contributed by atoms with Crippen LogP contribution < -0.4 is 37.2 Å². The fraction of sp³-hybridized carbons (Fsp3) is 0. The normalized spacial score (nSPS) is 1.00. The van der Waals surface area contributed by atoms with Gasteiger partial charge in [0.15, 0.2) is 0 Å². The van der Waals surface area contributed by atoms with Gasteiger partial charge in [0, 0.05) is 0 Å². The third kappa shape index (κ3) is 190.